The van der Waals surface area contributed by atoms with E-state index >= 15 is 0 Å². The van der Waals surface area contributed by atoms with E-state index in [1.165, 1.54) is 43.3 Å². The molecule has 2 saturated carbocycles. The molecular weight excluding hydrogens is 426 g/mol. The summed E-state index contributed by atoms with van der Waals surface area (Å²) in [6.45, 7) is 18.3. The van der Waals surface area contributed by atoms with Gasteiger partial charge in [0.1, 0.15) is 0 Å². The van der Waals surface area contributed by atoms with Crippen LogP contribution in [0.2, 0.25) is 0 Å². The number of fused-ring (bicyclic) bond motifs is 4. The first-order chi connectivity index (χ1) is 15.7. The largest absolute Gasteiger partial charge is 0.392 e. The Morgan fingerprint density at radius 1 is 1.03 bits per heavy atom. The van der Waals surface area contributed by atoms with E-state index in [9.17, 15) is 13.9 Å². The van der Waals surface area contributed by atoms with Gasteiger partial charge in [-0.1, -0.05) is 64.3 Å². The zero-order valence-electron chi connectivity index (χ0n) is 23.1. The lowest BCUT2D eigenvalue weighted by atomic mass is 9.42. The molecule has 8 atom stereocenters. The van der Waals surface area contributed by atoms with Gasteiger partial charge in [0, 0.05) is 5.92 Å². The van der Waals surface area contributed by atoms with E-state index in [1.54, 1.807) is 5.57 Å². The van der Waals surface area contributed by atoms with Gasteiger partial charge in [-0.25, -0.2) is 8.78 Å². The Labute approximate surface area is 207 Å². The number of rotatable bonds is 5. The summed E-state index contributed by atoms with van der Waals surface area (Å²) in [5, 5.41) is 11.0. The minimum atomic E-state index is -2.46. The summed E-state index contributed by atoms with van der Waals surface area (Å²) in [7, 11) is 0. The minimum Gasteiger partial charge on any atom is -0.392 e. The maximum atomic E-state index is 14.1. The molecule has 1 N–H and O–H groups in total. The summed E-state index contributed by atoms with van der Waals surface area (Å²) in [5.41, 5.74) is 4.36. The number of hydrogen-bond donors (Lipinski definition) is 1. The van der Waals surface area contributed by atoms with Gasteiger partial charge in [0.25, 0.3) is 0 Å². The minimum absolute atomic E-state index is 0.185. The second-order valence-corrected chi connectivity index (χ2v) is 14.2. The summed E-state index contributed by atoms with van der Waals surface area (Å²) in [6.07, 6.45) is 8.78. The molecule has 0 aromatic heterocycles. The molecule has 0 heterocycles. The van der Waals surface area contributed by atoms with Crippen molar-refractivity contribution in [2.24, 2.45) is 45.3 Å². The summed E-state index contributed by atoms with van der Waals surface area (Å²) in [6, 6.07) is 0. The zero-order chi connectivity index (χ0) is 25.3. The highest BCUT2D eigenvalue weighted by atomic mass is 19.3. The second-order valence-electron chi connectivity index (χ2n) is 14.2. The average molecular weight is 477 g/mol. The van der Waals surface area contributed by atoms with E-state index in [0.29, 0.717) is 17.8 Å². The molecule has 34 heavy (non-hydrogen) atoms. The van der Waals surface area contributed by atoms with E-state index in [0.717, 1.165) is 25.2 Å². The summed E-state index contributed by atoms with van der Waals surface area (Å²) in [5.74, 6) is 0.803. The molecular formula is C31H50F2O. The van der Waals surface area contributed by atoms with Crippen molar-refractivity contribution >= 4 is 0 Å². The average Bonchev–Trinajstić information content (AvgIpc) is 3.02. The molecule has 4 aliphatic carbocycles. The fraction of sp³-hybridized carbons (Fsp3) is 0.871. The first-order valence-electron chi connectivity index (χ1n) is 14.0. The van der Waals surface area contributed by atoms with Crippen molar-refractivity contribution in [3.05, 3.63) is 22.8 Å². The first kappa shape index (κ1) is 26.4. The standard InChI is InChI=1S/C31H50F2O/c1-19(2)10-9-11-20(3)22-14-16-31(8)24-12-13-25-28(4,5)26(34)21(27(32)33)18-29(25,6)23(24)15-17-30(22,31)7/h10,20-22,25-27,34H,9,11-18H2,1-8H3/t20-,21?,22-,25?,26?,29-,30+,31+/m1/s1. The lowest BCUT2D eigenvalue weighted by molar-refractivity contribution is -0.162. The predicted octanol–water partition coefficient (Wildman–Crippen LogP) is 8.97. The van der Waals surface area contributed by atoms with Crippen LogP contribution >= 0.6 is 0 Å². The first-order valence-corrected chi connectivity index (χ1v) is 14.0. The Kier molecular flexibility index (Phi) is 6.75. The van der Waals surface area contributed by atoms with E-state index < -0.39 is 23.9 Å². The van der Waals surface area contributed by atoms with Crippen LogP contribution in [0.25, 0.3) is 0 Å². The van der Waals surface area contributed by atoms with Crippen LogP contribution in [0, 0.1) is 45.3 Å². The van der Waals surface area contributed by atoms with Crippen LogP contribution in [0.4, 0.5) is 8.78 Å². The number of halogens is 2. The number of alkyl halides is 2. The molecule has 2 fully saturated rings. The Morgan fingerprint density at radius 3 is 2.32 bits per heavy atom. The van der Waals surface area contributed by atoms with Crippen LogP contribution in [-0.4, -0.2) is 17.6 Å². The van der Waals surface area contributed by atoms with Crippen LogP contribution in [0.3, 0.4) is 0 Å². The predicted molar refractivity (Wildman–Crippen MR) is 138 cm³/mol. The van der Waals surface area contributed by atoms with Crippen LogP contribution in [0.5, 0.6) is 0 Å². The summed E-state index contributed by atoms with van der Waals surface area (Å²) < 4.78 is 28.3. The summed E-state index contributed by atoms with van der Waals surface area (Å²) in [4.78, 5) is 0. The van der Waals surface area contributed by atoms with E-state index in [-0.39, 0.29) is 16.7 Å². The van der Waals surface area contributed by atoms with Crippen molar-refractivity contribution in [1.82, 2.24) is 0 Å². The monoisotopic (exact) mass is 476 g/mol. The fourth-order valence-corrected chi connectivity index (χ4v) is 9.95. The Bertz CT molecular complexity index is 851. The summed E-state index contributed by atoms with van der Waals surface area (Å²) >= 11 is 0. The molecule has 194 valence electrons. The molecule has 0 aromatic carbocycles. The van der Waals surface area contributed by atoms with E-state index in [2.05, 4.69) is 61.5 Å². The molecule has 3 unspecified atom stereocenters. The van der Waals surface area contributed by atoms with Gasteiger partial charge in [0.05, 0.1) is 6.10 Å². The molecule has 4 rings (SSSR count). The van der Waals surface area contributed by atoms with Crippen molar-refractivity contribution < 1.29 is 13.9 Å². The maximum absolute atomic E-state index is 14.1. The van der Waals surface area contributed by atoms with Crippen molar-refractivity contribution in [1.29, 1.82) is 0 Å². The number of allylic oxidation sites excluding steroid dienone is 4. The third kappa shape index (κ3) is 3.69. The van der Waals surface area contributed by atoms with Crippen LogP contribution in [-0.2, 0) is 0 Å². The Morgan fingerprint density at radius 2 is 1.71 bits per heavy atom. The normalized spacial score (nSPS) is 44.4. The van der Waals surface area contributed by atoms with Gasteiger partial charge in [-0.05, 0) is 111 Å². The second kappa shape index (κ2) is 8.70. The topological polar surface area (TPSA) is 20.2 Å². The third-order valence-corrected chi connectivity index (χ3v) is 12.0. The quantitative estimate of drug-likeness (QED) is 0.393. The van der Waals surface area contributed by atoms with Gasteiger partial charge in [-0.2, -0.15) is 0 Å². The molecule has 4 aliphatic rings. The van der Waals surface area contributed by atoms with Gasteiger partial charge in [0.15, 0.2) is 0 Å². The highest BCUT2D eigenvalue weighted by Crippen LogP contribution is 2.73. The Balaban J connectivity index is 1.69. The van der Waals surface area contributed by atoms with Gasteiger partial charge in [-0.15, -0.1) is 0 Å². The lowest BCUT2D eigenvalue weighted by Gasteiger charge is -2.63. The van der Waals surface area contributed by atoms with Crippen LogP contribution < -0.4 is 0 Å². The highest BCUT2D eigenvalue weighted by molar-refractivity contribution is 5.39. The third-order valence-electron chi connectivity index (χ3n) is 12.0. The van der Waals surface area contributed by atoms with Gasteiger partial charge < -0.3 is 5.11 Å². The van der Waals surface area contributed by atoms with Gasteiger partial charge in [-0.3, -0.25) is 0 Å². The molecule has 3 heteroatoms. The maximum Gasteiger partial charge on any atom is 0.243 e. The molecule has 0 aromatic rings. The van der Waals surface area contributed by atoms with Crippen molar-refractivity contribution in [2.45, 2.75) is 126 Å². The smallest absolute Gasteiger partial charge is 0.243 e. The molecule has 0 bridgehead atoms. The number of aliphatic hydroxyl groups excluding tert-OH is 1. The van der Waals surface area contributed by atoms with Gasteiger partial charge in [0.2, 0.25) is 6.43 Å². The molecule has 0 spiro atoms. The zero-order valence-corrected chi connectivity index (χ0v) is 23.1. The fourth-order valence-electron chi connectivity index (χ4n) is 9.95. The SMILES string of the molecule is CC(C)=CCC[C@@H](C)[C@H]1CC[C@@]2(C)C3=C(CC[C@@]12C)[C@@]1(C)CC(C(F)F)C(O)C(C)(C)C1CC3. The van der Waals surface area contributed by atoms with Crippen molar-refractivity contribution in [2.75, 3.05) is 0 Å². The number of aliphatic hydroxyl groups is 1. The highest BCUT2D eigenvalue weighted by Gasteiger charge is 2.64. The van der Waals surface area contributed by atoms with Crippen molar-refractivity contribution in [3.8, 4) is 0 Å². The molecule has 0 radical (unpaired) electrons. The van der Waals surface area contributed by atoms with E-state index in [1.807, 2.05) is 0 Å². The molecule has 1 nitrogen and oxygen atoms in total. The molecule has 0 amide bonds. The molecule has 0 aliphatic heterocycles. The van der Waals surface area contributed by atoms with Crippen LogP contribution in [0.1, 0.15) is 113 Å². The lowest BCUT2D eigenvalue weighted by Crippen LogP contribution is -2.59. The van der Waals surface area contributed by atoms with Crippen LogP contribution in [0.15, 0.2) is 22.8 Å². The Hall–Kier alpha value is -0.700. The molecule has 0 saturated heterocycles. The van der Waals surface area contributed by atoms with E-state index in [4.69, 9.17) is 0 Å². The van der Waals surface area contributed by atoms with Gasteiger partial charge >= 0.3 is 0 Å². The number of hydrogen-bond acceptors (Lipinski definition) is 1. The van der Waals surface area contributed by atoms with Crippen molar-refractivity contribution in [3.63, 3.8) is 0 Å².